The first-order valence-corrected chi connectivity index (χ1v) is 4.89. The van der Waals surface area contributed by atoms with Crippen molar-refractivity contribution in [3.8, 4) is 0 Å². The van der Waals surface area contributed by atoms with Crippen LogP contribution in [-0.4, -0.2) is 35.3 Å². The Balaban J connectivity index is 1.86. The van der Waals surface area contributed by atoms with Crippen LogP contribution in [0.3, 0.4) is 0 Å². The van der Waals surface area contributed by atoms with E-state index in [0.717, 1.165) is 0 Å². The number of nitrogens with zero attached hydrogens (tertiary/aromatic N) is 1. The second kappa shape index (κ2) is 3.64. The van der Waals surface area contributed by atoms with Crippen molar-refractivity contribution in [3.63, 3.8) is 0 Å². The van der Waals surface area contributed by atoms with Crippen LogP contribution in [0, 0.1) is 5.92 Å². The molecule has 1 aliphatic carbocycles. The van der Waals surface area contributed by atoms with E-state index >= 15 is 0 Å². The zero-order valence-electron chi connectivity index (χ0n) is 7.61. The molecule has 1 atom stereocenters. The van der Waals surface area contributed by atoms with E-state index in [-0.39, 0.29) is 18.6 Å². The van der Waals surface area contributed by atoms with Crippen LogP contribution >= 0.6 is 0 Å². The molecular weight excluding hydrogens is 170 g/mol. The van der Waals surface area contributed by atoms with E-state index < -0.39 is 0 Å². The summed E-state index contributed by atoms with van der Waals surface area (Å²) in [7, 11) is 0. The molecule has 1 aliphatic heterocycles. The molecule has 0 bridgehead atoms. The second-order valence-corrected chi connectivity index (χ2v) is 3.76. The molecule has 4 heteroatoms. The number of amides is 1. The lowest BCUT2D eigenvalue weighted by molar-refractivity contribution is -0.185. The van der Waals surface area contributed by atoms with Crippen molar-refractivity contribution in [2.75, 3.05) is 13.2 Å². The average Bonchev–Trinajstić information content (AvgIpc) is 2.30. The maximum absolute atomic E-state index is 11.3. The summed E-state index contributed by atoms with van der Waals surface area (Å²) in [5, 5.41) is 9.98. The van der Waals surface area contributed by atoms with Gasteiger partial charge < -0.3 is 5.11 Å². The molecule has 74 valence electrons. The highest BCUT2D eigenvalue weighted by molar-refractivity contribution is 5.77. The van der Waals surface area contributed by atoms with E-state index in [1.807, 2.05) is 0 Å². The first-order chi connectivity index (χ1) is 6.31. The molecule has 1 saturated heterocycles. The molecule has 2 aliphatic rings. The lowest BCUT2D eigenvalue weighted by Crippen LogP contribution is -2.30. The lowest BCUT2D eigenvalue weighted by atomic mass is 9.80. The van der Waals surface area contributed by atoms with Gasteiger partial charge in [0.25, 0.3) is 0 Å². The summed E-state index contributed by atoms with van der Waals surface area (Å²) in [4.78, 5) is 16.8. The smallest absolute Gasteiger partial charge is 0.248 e. The summed E-state index contributed by atoms with van der Waals surface area (Å²) in [6, 6.07) is 0. The molecule has 4 nitrogen and oxygen atoms in total. The van der Waals surface area contributed by atoms with Gasteiger partial charge in [-0.1, -0.05) is 6.42 Å². The maximum atomic E-state index is 11.3. The van der Waals surface area contributed by atoms with Crippen LogP contribution in [0.1, 0.15) is 25.7 Å². The first kappa shape index (κ1) is 8.97. The van der Waals surface area contributed by atoms with Crippen molar-refractivity contribution in [2.45, 2.75) is 31.8 Å². The van der Waals surface area contributed by atoms with Gasteiger partial charge in [-0.25, -0.2) is 5.06 Å². The lowest BCUT2D eigenvalue weighted by Gasteiger charge is -2.29. The van der Waals surface area contributed by atoms with Crippen LogP contribution in [0.5, 0.6) is 0 Å². The largest absolute Gasteiger partial charge is 0.394 e. The minimum atomic E-state index is -0.0247. The molecule has 1 N–H and O–H groups in total. The molecule has 0 aromatic rings. The van der Waals surface area contributed by atoms with Crippen LogP contribution in [0.4, 0.5) is 0 Å². The van der Waals surface area contributed by atoms with Crippen molar-refractivity contribution in [1.82, 2.24) is 5.06 Å². The second-order valence-electron chi connectivity index (χ2n) is 3.76. The summed E-state index contributed by atoms with van der Waals surface area (Å²) < 4.78 is 0. The fourth-order valence-corrected chi connectivity index (χ4v) is 1.87. The first-order valence-electron chi connectivity index (χ1n) is 4.89. The molecular formula is C9H15NO3. The normalized spacial score (nSPS) is 29.5. The van der Waals surface area contributed by atoms with Gasteiger partial charge in [-0.05, 0) is 18.8 Å². The number of carbonyl (C=O) groups is 1. The van der Waals surface area contributed by atoms with Gasteiger partial charge in [-0.15, -0.1) is 0 Å². The number of hydrogen-bond donors (Lipinski definition) is 1. The molecule has 2 rings (SSSR count). The number of aliphatic hydroxyl groups excluding tert-OH is 1. The Hall–Kier alpha value is -0.610. The predicted molar refractivity (Wildman–Crippen MR) is 45.6 cm³/mol. The van der Waals surface area contributed by atoms with Crippen LogP contribution < -0.4 is 0 Å². The van der Waals surface area contributed by atoms with Crippen molar-refractivity contribution >= 4 is 5.91 Å². The van der Waals surface area contributed by atoms with E-state index in [2.05, 4.69) is 0 Å². The Kier molecular flexibility index (Phi) is 2.51. The Morgan fingerprint density at radius 3 is 2.85 bits per heavy atom. The molecule has 1 heterocycles. The van der Waals surface area contributed by atoms with E-state index in [0.29, 0.717) is 18.9 Å². The zero-order chi connectivity index (χ0) is 9.26. The van der Waals surface area contributed by atoms with Gasteiger partial charge in [0.2, 0.25) is 5.91 Å². The average molecular weight is 185 g/mol. The van der Waals surface area contributed by atoms with Gasteiger partial charge in [0, 0.05) is 0 Å². The Bertz CT molecular complexity index is 203. The monoisotopic (exact) mass is 185 g/mol. The summed E-state index contributed by atoms with van der Waals surface area (Å²) >= 11 is 0. The molecule has 1 amide bonds. The van der Waals surface area contributed by atoms with Crippen LogP contribution in [0.15, 0.2) is 0 Å². The molecule has 0 spiro atoms. The predicted octanol–water partition coefficient (Wildman–Crippen LogP) is 0.311. The van der Waals surface area contributed by atoms with Gasteiger partial charge in [-0.3, -0.25) is 9.63 Å². The summed E-state index contributed by atoms with van der Waals surface area (Å²) in [6.45, 7) is 0.283. The Labute approximate surface area is 77.4 Å². The molecule has 0 radical (unpaired) electrons. The van der Waals surface area contributed by atoms with E-state index in [4.69, 9.17) is 9.94 Å². The van der Waals surface area contributed by atoms with Gasteiger partial charge in [0.15, 0.2) is 0 Å². The van der Waals surface area contributed by atoms with Crippen molar-refractivity contribution in [1.29, 1.82) is 0 Å². The molecule has 2 fully saturated rings. The number of rotatable bonds is 3. The number of hydroxylamine groups is 2. The number of carbonyl (C=O) groups excluding carboxylic acids is 1. The Morgan fingerprint density at radius 1 is 1.54 bits per heavy atom. The van der Waals surface area contributed by atoms with Gasteiger partial charge in [0.1, 0.15) is 0 Å². The standard InChI is InChI=1S/C9H15NO3/c11-5-4-10-9(12)6-8(13-10)7-2-1-3-7/h7-8,11H,1-6H2. The number of β-amino-alcohol motifs (C(OH)–C–C–N with tert-alkyl or cyclic N) is 1. The minimum Gasteiger partial charge on any atom is -0.394 e. The molecule has 1 unspecified atom stereocenters. The molecule has 0 aromatic heterocycles. The highest BCUT2D eigenvalue weighted by atomic mass is 16.7. The number of aliphatic hydroxyl groups is 1. The fourth-order valence-electron chi connectivity index (χ4n) is 1.87. The van der Waals surface area contributed by atoms with E-state index in [1.165, 1.54) is 24.3 Å². The topological polar surface area (TPSA) is 49.8 Å². The van der Waals surface area contributed by atoms with Crippen LogP contribution in [0.2, 0.25) is 0 Å². The third-order valence-corrected chi connectivity index (χ3v) is 2.90. The minimum absolute atomic E-state index is 0.0194. The maximum Gasteiger partial charge on any atom is 0.248 e. The van der Waals surface area contributed by atoms with Crippen molar-refractivity contribution in [2.24, 2.45) is 5.92 Å². The SMILES string of the molecule is O=C1CC(C2CCC2)ON1CCO. The van der Waals surface area contributed by atoms with Gasteiger partial charge >= 0.3 is 0 Å². The quantitative estimate of drug-likeness (QED) is 0.688. The summed E-state index contributed by atoms with van der Waals surface area (Å²) in [5.41, 5.74) is 0. The third kappa shape index (κ3) is 1.69. The highest BCUT2D eigenvalue weighted by Gasteiger charge is 2.38. The van der Waals surface area contributed by atoms with Crippen molar-refractivity contribution < 1.29 is 14.7 Å². The number of hydrogen-bond acceptors (Lipinski definition) is 3. The van der Waals surface area contributed by atoms with Crippen LogP contribution in [-0.2, 0) is 9.63 Å². The van der Waals surface area contributed by atoms with Crippen LogP contribution in [0.25, 0.3) is 0 Å². The molecule has 1 saturated carbocycles. The summed E-state index contributed by atoms with van der Waals surface area (Å²) in [6.07, 6.45) is 4.23. The zero-order valence-corrected chi connectivity index (χ0v) is 7.61. The fraction of sp³-hybridized carbons (Fsp3) is 0.889. The molecule has 13 heavy (non-hydrogen) atoms. The molecule has 0 aromatic carbocycles. The van der Waals surface area contributed by atoms with Gasteiger partial charge in [-0.2, -0.15) is 0 Å². The van der Waals surface area contributed by atoms with Gasteiger partial charge in [0.05, 0.1) is 25.7 Å². The summed E-state index contributed by atoms with van der Waals surface area (Å²) in [5.74, 6) is 0.596. The highest BCUT2D eigenvalue weighted by Crippen LogP contribution is 2.35. The Morgan fingerprint density at radius 2 is 2.31 bits per heavy atom. The third-order valence-electron chi connectivity index (χ3n) is 2.90. The van der Waals surface area contributed by atoms with Crippen molar-refractivity contribution in [3.05, 3.63) is 0 Å². The van der Waals surface area contributed by atoms with E-state index in [1.54, 1.807) is 0 Å². The van der Waals surface area contributed by atoms with E-state index in [9.17, 15) is 4.79 Å².